The van der Waals surface area contributed by atoms with E-state index < -0.39 is 23.4 Å². The van der Waals surface area contributed by atoms with E-state index in [-0.39, 0.29) is 16.9 Å². The molecule has 0 radical (unpaired) electrons. The number of benzene rings is 3. The molecule has 3 aromatic rings. The van der Waals surface area contributed by atoms with Crippen LogP contribution in [-0.4, -0.2) is 11.8 Å². The maximum Gasteiger partial charge on any atom is 0.261 e. The molecule has 3 rings (SSSR count). The van der Waals surface area contributed by atoms with Crippen LogP contribution < -0.4 is 10.6 Å². The van der Waals surface area contributed by atoms with Crippen LogP contribution >= 0.6 is 11.6 Å². The number of amides is 2. The number of anilines is 2. The molecule has 2 amide bonds. The highest BCUT2D eigenvalue weighted by Gasteiger charge is 2.21. The van der Waals surface area contributed by atoms with E-state index in [2.05, 4.69) is 10.6 Å². The highest BCUT2D eigenvalue weighted by atomic mass is 35.5. The Morgan fingerprint density at radius 3 is 1.76 bits per heavy atom. The predicted octanol–water partition coefficient (Wildman–Crippen LogP) is 5.28. The van der Waals surface area contributed by atoms with E-state index in [0.717, 1.165) is 0 Å². The van der Waals surface area contributed by atoms with Crippen molar-refractivity contribution in [3.8, 4) is 0 Å². The third-order valence-corrected chi connectivity index (χ3v) is 4.13. The monoisotopic (exact) mass is 412 g/mol. The number of para-hydroxylation sites is 2. The Morgan fingerprint density at radius 1 is 0.759 bits per heavy atom. The third-order valence-electron chi connectivity index (χ3n) is 3.89. The molecule has 4 nitrogen and oxygen atoms in total. The van der Waals surface area contributed by atoms with Gasteiger partial charge in [-0.25, -0.2) is 8.78 Å². The molecule has 0 aliphatic carbocycles. The van der Waals surface area contributed by atoms with Crippen LogP contribution in [0.15, 0.2) is 78.4 Å². The number of nitrogens with one attached hydrogen (secondary N) is 2. The largest absolute Gasteiger partial charge is 0.319 e. The summed E-state index contributed by atoms with van der Waals surface area (Å²) in [6.07, 6.45) is 1.29. The van der Waals surface area contributed by atoms with Crippen LogP contribution in [0, 0.1) is 11.6 Å². The Morgan fingerprint density at radius 2 is 1.28 bits per heavy atom. The molecule has 3 aromatic carbocycles. The molecular weight excluding hydrogens is 398 g/mol. The maximum absolute atomic E-state index is 13.9. The van der Waals surface area contributed by atoms with E-state index >= 15 is 0 Å². The summed E-state index contributed by atoms with van der Waals surface area (Å²) in [7, 11) is 0. The van der Waals surface area contributed by atoms with E-state index in [0.29, 0.717) is 10.6 Å². The van der Waals surface area contributed by atoms with E-state index in [1.807, 2.05) is 0 Å². The second-order valence-electron chi connectivity index (χ2n) is 5.98. The molecule has 0 bridgehead atoms. The van der Waals surface area contributed by atoms with Gasteiger partial charge in [0.1, 0.15) is 17.2 Å². The van der Waals surface area contributed by atoms with Crippen LogP contribution in [0.3, 0.4) is 0 Å². The second-order valence-corrected chi connectivity index (χ2v) is 6.42. The summed E-state index contributed by atoms with van der Waals surface area (Å²) in [5.74, 6) is -3.03. The lowest BCUT2D eigenvalue weighted by Crippen LogP contribution is -2.26. The van der Waals surface area contributed by atoms with Gasteiger partial charge in [0.05, 0.1) is 11.4 Å². The fourth-order valence-electron chi connectivity index (χ4n) is 2.50. The normalized spacial score (nSPS) is 10.2. The van der Waals surface area contributed by atoms with Crippen LogP contribution in [0.2, 0.25) is 5.02 Å². The lowest BCUT2D eigenvalue weighted by molar-refractivity contribution is -0.118. The van der Waals surface area contributed by atoms with Gasteiger partial charge in [0.25, 0.3) is 11.8 Å². The number of hydrogen-bond acceptors (Lipinski definition) is 2. The van der Waals surface area contributed by atoms with Gasteiger partial charge in [-0.15, -0.1) is 0 Å². The first-order valence-electron chi connectivity index (χ1n) is 8.53. The molecular formula is C22H15ClF2N2O2. The molecule has 0 aliphatic heterocycles. The zero-order valence-electron chi connectivity index (χ0n) is 15.0. The van der Waals surface area contributed by atoms with Crippen molar-refractivity contribution in [2.45, 2.75) is 0 Å². The minimum Gasteiger partial charge on any atom is -0.319 e. The third kappa shape index (κ3) is 5.27. The van der Waals surface area contributed by atoms with Crippen LogP contribution in [0.25, 0.3) is 6.08 Å². The van der Waals surface area contributed by atoms with Crippen molar-refractivity contribution in [3.63, 3.8) is 0 Å². The highest BCUT2D eigenvalue weighted by Crippen LogP contribution is 2.19. The van der Waals surface area contributed by atoms with Gasteiger partial charge < -0.3 is 10.6 Å². The number of carbonyl (C=O) groups excluding carboxylic acids is 2. The van der Waals surface area contributed by atoms with Crippen LogP contribution in [0.4, 0.5) is 20.2 Å². The number of halogens is 3. The first kappa shape index (κ1) is 20.2. The van der Waals surface area contributed by atoms with Crippen molar-refractivity contribution in [1.29, 1.82) is 0 Å². The SMILES string of the molecule is O=C(Nc1ccccc1F)C(=Cc1cccc(Cl)c1)C(=O)Nc1ccccc1F. The Bertz CT molecular complexity index is 1040. The van der Waals surface area contributed by atoms with E-state index in [1.165, 1.54) is 42.5 Å². The predicted molar refractivity (Wildman–Crippen MR) is 109 cm³/mol. The fraction of sp³-hybridized carbons (Fsp3) is 0. The standard InChI is InChI=1S/C22H15ClF2N2O2/c23-15-7-5-6-14(12-15)13-16(21(28)26-19-10-3-1-8-17(19)24)22(29)27-20-11-4-2-9-18(20)25/h1-13H,(H,26,28)(H,27,29). The number of hydrogen-bond donors (Lipinski definition) is 2. The van der Waals surface area contributed by atoms with Crippen molar-refractivity contribution in [1.82, 2.24) is 0 Å². The van der Waals surface area contributed by atoms with Crippen molar-refractivity contribution in [3.05, 3.63) is 101 Å². The van der Waals surface area contributed by atoms with Gasteiger partial charge in [-0.05, 0) is 48.0 Å². The Kier molecular flexibility index (Phi) is 6.36. The summed E-state index contributed by atoms with van der Waals surface area (Å²) in [5.41, 5.74) is -0.0555. The van der Waals surface area contributed by atoms with Crippen molar-refractivity contribution >= 4 is 40.9 Å². The molecule has 0 unspecified atom stereocenters. The zero-order chi connectivity index (χ0) is 20.8. The minimum atomic E-state index is -0.857. The smallest absolute Gasteiger partial charge is 0.261 e. The zero-order valence-corrected chi connectivity index (χ0v) is 15.7. The molecule has 29 heavy (non-hydrogen) atoms. The lowest BCUT2D eigenvalue weighted by atomic mass is 10.1. The van der Waals surface area contributed by atoms with Gasteiger partial charge in [-0.2, -0.15) is 0 Å². The minimum absolute atomic E-state index is 0.0896. The van der Waals surface area contributed by atoms with Gasteiger partial charge in [0.2, 0.25) is 0 Å². The van der Waals surface area contributed by atoms with Crippen molar-refractivity contribution in [2.24, 2.45) is 0 Å². The van der Waals surface area contributed by atoms with Gasteiger partial charge in [0.15, 0.2) is 0 Å². The van der Waals surface area contributed by atoms with E-state index in [9.17, 15) is 18.4 Å². The summed E-state index contributed by atoms with van der Waals surface area (Å²) in [6.45, 7) is 0. The average molecular weight is 413 g/mol. The number of carbonyl (C=O) groups is 2. The Hall–Kier alpha value is -3.51. The van der Waals surface area contributed by atoms with Crippen LogP contribution in [0.1, 0.15) is 5.56 Å². The van der Waals surface area contributed by atoms with Gasteiger partial charge in [-0.3, -0.25) is 9.59 Å². The molecule has 2 N–H and O–H groups in total. The Labute approximate surface area is 170 Å². The molecule has 0 heterocycles. The number of rotatable bonds is 5. The molecule has 0 saturated heterocycles. The molecule has 0 aromatic heterocycles. The molecule has 0 fully saturated rings. The second kappa shape index (κ2) is 9.12. The summed E-state index contributed by atoms with van der Waals surface area (Å²) < 4.78 is 27.8. The van der Waals surface area contributed by atoms with E-state index in [1.54, 1.807) is 36.4 Å². The molecule has 0 spiro atoms. The Balaban J connectivity index is 1.95. The highest BCUT2D eigenvalue weighted by molar-refractivity contribution is 6.31. The van der Waals surface area contributed by atoms with Crippen LogP contribution in [0.5, 0.6) is 0 Å². The molecule has 0 aliphatic rings. The lowest BCUT2D eigenvalue weighted by Gasteiger charge is -2.11. The summed E-state index contributed by atoms with van der Waals surface area (Å²) in [4.78, 5) is 25.5. The van der Waals surface area contributed by atoms with E-state index in [4.69, 9.17) is 11.6 Å². The summed E-state index contributed by atoms with van der Waals surface area (Å²) in [5, 5.41) is 5.12. The first-order valence-corrected chi connectivity index (χ1v) is 8.91. The van der Waals surface area contributed by atoms with Gasteiger partial charge in [-0.1, -0.05) is 48.0 Å². The quantitative estimate of drug-likeness (QED) is 0.340. The molecule has 7 heteroatoms. The van der Waals surface area contributed by atoms with Gasteiger partial charge in [0, 0.05) is 5.02 Å². The van der Waals surface area contributed by atoms with Crippen LogP contribution in [-0.2, 0) is 9.59 Å². The summed E-state index contributed by atoms with van der Waals surface area (Å²) >= 11 is 5.96. The average Bonchev–Trinajstić information content (AvgIpc) is 2.69. The summed E-state index contributed by atoms with van der Waals surface area (Å²) in [6, 6.07) is 17.6. The van der Waals surface area contributed by atoms with Crippen molar-refractivity contribution < 1.29 is 18.4 Å². The molecule has 0 saturated carbocycles. The van der Waals surface area contributed by atoms with Crippen molar-refractivity contribution in [2.75, 3.05) is 10.6 Å². The molecule has 146 valence electrons. The fourth-order valence-corrected chi connectivity index (χ4v) is 2.70. The maximum atomic E-state index is 13.9. The molecule has 0 atom stereocenters. The topological polar surface area (TPSA) is 58.2 Å². The van der Waals surface area contributed by atoms with Gasteiger partial charge >= 0.3 is 0 Å². The first-order chi connectivity index (χ1) is 13.9.